The molecule has 17 heavy (non-hydrogen) atoms. The van der Waals surface area contributed by atoms with Gasteiger partial charge in [-0.3, -0.25) is 4.79 Å². The number of rotatable bonds is 3. The number of ether oxygens (including phenoxy) is 1. The molecule has 0 atom stereocenters. The van der Waals surface area contributed by atoms with Gasteiger partial charge in [-0.15, -0.1) is 0 Å². The highest BCUT2D eigenvalue weighted by Gasteiger charge is 2.14. The van der Waals surface area contributed by atoms with Crippen LogP contribution < -0.4 is 5.32 Å². The van der Waals surface area contributed by atoms with E-state index in [4.69, 9.17) is 0 Å². The number of carbonyl (C=O) groups excluding carboxylic acids is 2. The third-order valence-corrected chi connectivity index (χ3v) is 1.90. The van der Waals surface area contributed by atoms with Crippen molar-refractivity contribution in [3.63, 3.8) is 0 Å². The number of benzene rings is 1. The predicted molar refractivity (Wildman–Crippen MR) is 54.8 cm³/mol. The second-order valence-electron chi connectivity index (χ2n) is 3.15. The summed E-state index contributed by atoms with van der Waals surface area (Å²) in [6.45, 7) is 1.59. The van der Waals surface area contributed by atoms with E-state index in [9.17, 15) is 18.4 Å². The van der Waals surface area contributed by atoms with Gasteiger partial charge in [-0.1, -0.05) is 6.07 Å². The topological polar surface area (TPSA) is 55.4 Å². The van der Waals surface area contributed by atoms with Crippen molar-refractivity contribution in [2.24, 2.45) is 0 Å². The van der Waals surface area contributed by atoms with E-state index in [1.54, 1.807) is 6.92 Å². The Hall–Kier alpha value is -1.98. The molecule has 6 heteroatoms. The van der Waals surface area contributed by atoms with Crippen LogP contribution in [0.15, 0.2) is 18.2 Å². The molecular weight excluding hydrogens is 232 g/mol. The Morgan fingerprint density at radius 3 is 2.59 bits per heavy atom. The molecule has 0 radical (unpaired) electrons. The Kier molecular flexibility index (Phi) is 4.56. The summed E-state index contributed by atoms with van der Waals surface area (Å²) in [6, 6.07) is 3.20. The van der Waals surface area contributed by atoms with Crippen LogP contribution in [0.25, 0.3) is 0 Å². The summed E-state index contributed by atoms with van der Waals surface area (Å²) in [5, 5.41) is 2.23. The van der Waals surface area contributed by atoms with Crippen molar-refractivity contribution in [1.29, 1.82) is 0 Å². The van der Waals surface area contributed by atoms with Crippen molar-refractivity contribution in [3.05, 3.63) is 35.4 Å². The molecule has 0 saturated heterocycles. The lowest BCUT2D eigenvalue weighted by Crippen LogP contribution is -2.32. The zero-order chi connectivity index (χ0) is 12.8. The Bertz CT molecular complexity index is 435. The maximum Gasteiger partial charge on any atom is 0.396 e. The zero-order valence-electron chi connectivity index (χ0n) is 9.13. The van der Waals surface area contributed by atoms with Crippen LogP contribution in [0.2, 0.25) is 0 Å². The number of hydrogen-bond acceptors (Lipinski definition) is 3. The van der Waals surface area contributed by atoms with Gasteiger partial charge in [0.05, 0.1) is 6.61 Å². The van der Waals surface area contributed by atoms with E-state index in [0.29, 0.717) is 5.56 Å². The van der Waals surface area contributed by atoms with E-state index in [-0.39, 0.29) is 13.2 Å². The first-order chi connectivity index (χ1) is 8.04. The van der Waals surface area contributed by atoms with Gasteiger partial charge in [-0.2, -0.15) is 0 Å². The molecule has 92 valence electrons. The smallest absolute Gasteiger partial charge is 0.396 e. The molecule has 0 spiro atoms. The second-order valence-corrected chi connectivity index (χ2v) is 3.15. The molecule has 1 aromatic carbocycles. The van der Waals surface area contributed by atoms with Crippen LogP contribution in [0.3, 0.4) is 0 Å². The average Bonchev–Trinajstić information content (AvgIpc) is 2.30. The van der Waals surface area contributed by atoms with Crippen molar-refractivity contribution in [1.82, 2.24) is 5.32 Å². The van der Waals surface area contributed by atoms with E-state index >= 15 is 0 Å². The second kappa shape index (κ2) is 5.93. The summed E-state index contributed by atoms with van der Waals surface area (Å²) in [5.74, 6) is -3.90. The Labute approximate surface area is 96.6 Å². The van der Waals surface area contributed by atoms with Gasteiger partial charge in [-0.05, 0) is 24.6 Å². The number of nitrogens with one attached hydrogen (secondary N) is 1. The first-order valence-electron chi connectivity index (χ1n) is 4.93. The fourth-order valence-electron chi connectivity index (χ4n) is 1.10. The van der Waals surface area contributed by atoms with E-state index < -0.39 is 23.5 Å². The number of halogens is 2. The van der Waals surface area contributed by atoms with Crippen LogP contribution in [0.5, 0.6) is 0 Å². The maximum absolute atomic E-state index is 12.8. The Balaban J connectivity index is 2.53. The Morgan fingerprint density at radius 1 is 1.29 bits per heavy atom. The molecule has 1 amide bonds. The van der Waals surface area contributed by atoms with Crippen molar-refractivity contribution in [3.8, 4) is 0 Å². The maximum atomic E-state index is 12.8. The van der Waals surface area contributed by atoms with Gasteiger partial charge in [0, 0.05) is 6.54 Å². The molecule has 1 aromatic rings. The predicted octanol–water partition coefficient (Wildman–Crippen LogP) is 1.14. The summed E-state index contributed by atoms with van der Waals surface area (Å²) in [5.41, 5.74) is 0.349. The fourth-order valence-corrected chi connectivity index (χ4v) is 1.10. The van der Waals surface area contributed by atoms with Crippen molar-refractivity contribution in [2.45, 2.75) is 13.5 Å². The molecule has 0 aliphatic rings. The van der Waals surface area contributed by atoms with Gasteiger partial charge in [0.25, 0.3) is 0 Å². The van der Waals surface area contributed by atoms with Gasteiger partial charge < -0.3 is 10.1 Å². The molecular formula is C11H11F2NO3. The first kappa shape index (κ1) is 13.1. The number of carbonyl (C=O) groups is 2. The monoisotopic (exact) mass is 243 g/mol. The van der Waals surface area contributed by atoms with Crippen molar-refractivity contribution >= 4 is 11.9 Å². The first-order valence-corrected chi connectivity index (χ1v) is 4.93. The highest BCUT2D eigenvalue weighted by Crippen LogP contribution is 2.08. The summed E-state index contributed by atoms with van der Waals surface area (Å²) in [7, 11) is 0. The molecule has 0 aliphatic carbocycles. The number of hydrogen-bond donors (Lipinski definition) is 1. The van der Waals surface area contributed by atoms with E-state index in [0.717, 1.165) is 12.1 Å². The van der Waals surface area contributed by atoms with Crippen LogP contribution in [-0.2, 0) is 20.9 Å². The third kappa shape index (κ3) is 3.82. The van der Waals surface area contributed by atoms with E-state index in [1.807, 2.05) is 0 Å². The molecule has 0 aliphatic heterocycles. The van der Waals surface area contributed by atoms with Crippen LogP contribution in [0, 0.1) is 11.6 Å². The quantitative estimate of drug-likeness (QED) is 0.640. The summed E-state index contributed by atoms with van der Waals surface area (Å²) in [6.07, 6.45) is 0. The Morgan fingerprint density at radius 2 is 2.00 bits per heavy atom. The average molecular weight is 243 g/mol. The minimum Gasteiger partial charge on any atom is -0.459 e. The molecule has 0 bridgehead atoms. The fraction of sp³-hybridized carbons (Fsp3) is 0.273. The minimum atomic E-state index is -1.01. The largest absolute Gasteiger partial charge is 0.459 e. The molecule has 0 heterocycles. The molecule has 0 unspecified atom stereocenters. The van der Waals surface area contributed by atoms with Crippen molar-refractivity contribution < 1.29 is 23.1 Å². The lowest BCUT2D eigenvalue weighted by atomic mass is 10.2. The molecule has 0 saturated carbocycles. The molecule has 1 rings (SSSR count). The van der Waals surface area contributed by atoms with E-state index in [1.165, 1.54) is 6.07 Å². The van der Waals surface area contributed by atoms with Crippen LogP contribution in [0.1, 0.15) is 12.5 Å². The lowest BCUT2D eigenvalue weighted by Gasteiger charge is -2.05. The lowest BCUT2D eigenvalue weighted by molar-refractivity contribution is -0.154. The number of esters is 1. The minimum absolute atomic E-state index is 0.0746. The zero-order valence-corrected chi connectivity index (χ0v) is 9.13. The highest BCUT2D eigenvalue weighted by atomic mass is 19.2. The summed E-state index contributed by atoms with van der Waals surface area (Å²) >= 11 is 0. The van der Waals surface area contributed by atoms with E-state index in [2.05, 4.69) is 10.1 Å². The molecule has 4 nitrogen and oxygen atoms in total. The summed E-state index contributed by atoms with van der Waals surface area (Å²) in [4.78, 5) is 22.0. The van der Waals surface area contributed by atoms with Gasteiger partial charge >= 0.3 is 11.9 Å². The molecule has 0 fully saturated rings. The van der Waals surface area contributed by atoms with Gasteiger partial charge in [0.1, 0.15) is 0 Å². The summed E-state index contributed by atoms with van der Waals surface area (Å²) < 4.78 is 29.8. The molecule has 1 N–H and O–H groups in total. The van der Waals surface area contributed by atoms with Crippen LogP contribution >= 0.6 is 0 Å². The SMILES string of the molecule is CCOC(=O)C(=O)NCc1ccc(F)c(F)c1. The highest BCUT2D eigenvalue weighted by molar-refractivity contribution is 6.32. The third-order valence-electron chi connectivity index (χ3n) is 1.90. The van der Waals surface area contributed by atoms with Gasteiger partial charge in [-0.25, -0.2) is 13.6 Å². The van der Waals surface area contributed by atoms with Crippen molar-refractivity contribution in [2.75, 3.05) is 6.61 Å². The normalized spacial score (nSPS) is 9.82. The van der Waals surface area contributed by atoms with Crippen LogP contribution in [-0.4, -0.2) is 18.5 Å². The number of amides is 1. The van der Waals surface area contributed by atoms with Crippen LogP contribution in [0.4, 0.5) is 8.78 Å². The van der Waals surface area contributed by atoms with Gasteiger partial charge in [0.15, 0.2) is 11.6 Å². The molecule has 0 aromatic heterocycles. The van der Waals surface area contributed by atoms with Gasteiger partial charge in [0.2, 0.25) is 0 Å². The standard InChI is InChI=1S/C11H11F2NO3/c1-2-17-11(16)10(15)14-6-7-3-4-8(12)9(13)5-7/h3-5H,2,6H2,1H3,(H,14,15).